The number of carboxylic acids is 1. The summed E-state index contributed by atoms with van der Waals surface area (Å²) >= 11 is 5.91. The maximum absolute atomic E-state index is 12.8. The molecule has 2 unspecified atom stereocenters. The first-order valence-corrected chi connectivity index (χ1v) is 8.92. The van der Waals surface area contributed by atoms with Gasteiger partial charge in [0.2, 0.25) is 5.91 Å². The molecule has 2 atom stereocenters. The number of halogens is 1. The van der Waals surface area contributed by atoms with Gasteiger partial charge in [-0.2, -0.15) is 0 Å². The summed E-state index contributed by atoms with van der Waals surface area (Å²) in [6.45, 7) is 6.95. The molecule has 2 N–H and O–H groups in total. The van der Waals surface area contributed by atoms with Crippen LogP contribution in [0, 0.1) is 0 Å². The van der Waals surface area contributed by atoms with Gasteiger partial charge < -0.3 is 15.3 Å². The first kappa shape index (κ1) is 19.7. The van der Waals surface area contributed by atoms with E-state index in [1.165, 1.54) is 0 Å². The summed E-state index contributed by atoms with van der Waals surface area (Å²) < 4.78 is 0. The van der Waals surface area contributed by atoms with Crippen molar-refractivity contribution in [3.63, 3.8) is 0 Å². The molecule has 1 aliphatic heterocycles. The number of rotatable bonds is 6. The fourth-order valence-electron chi connectivity index (χ4n) is 3.12. The third-order valence-electron chi connectivity index (χ3n) is 5.03. The van der Waals surface area contributed by atoms with Gasteiger partial charge in [-0.15, -0.1) is 0 Å². The predicted molar refractivity (Wildman–Crippen MR) is 97.7 cm³/mol. The van der Waals surface area contributed by atoms with Crippen molar-refractivity contribution in [3.05, 3.63) is 34.9 Å². The lowest BCUT2D eigenvalue weighted by Gasteiger charge is -2.38. The summed E-state index contributed by atoms with van der Waals surface area (Å²) in [5, 5.41) is 13.2. The highest BCUT2D eigenvalue weighted by Crippen LogP contribution is 2.27. The van der Waals surface area contributed by atoms with E-state index in [4.69, 9.17) is 11.6 Å². The first-order chi connectivity index (χ1) is 11.8. The lowest BCUT2D eigenvalue weighted by atomic mass is 9.86. The summed E-state index contributed by atoms with van der Waals surface area (Å²) in [5.74, 6) is -1.35. The number of carbonyl (C=O) groups is 2. The fraction of sp³-hybridized carbons (Fsp3) is 0.556. The van der Waals surface area contributed by atoms with E-state index in [1.807, 2.05) is 6.92 Å². The quantitative estimate of drug-likeness (QED) is 0.801. The van der Waals surface area contributed by atoms with E-state index < -0.39 is 11.5 Å². The van der Waals surface area contributed by atoms with Gasteiger partial charge in [0.15, 0.2) is 5.54 Å². The smallest absolute Gasteiger partial charge is 0.334 e. The van der Waals surface area contributed by atoms with E-state index in [0.717, 1.165) is 26.2 Å². The zero-order valence-electron chi connectivity index (χ0n) is 15.0. The molecule has 1 amide bonds. The molecule has 1 aromatic carbocycles. The number of aliphatic carboxylic acids is 1. The Morgan fingerprint density at radius 1 is 1.24 bits per heavy atom. The van der Waals surface area contributed by atoms with Crippen molar-refractivity contribution < 1.29 is 14.7 Å². The van der Waals surface area contributed by atoms with Crippen LogP contribution in [0.4, 0.5) is 0 Å². The lowest BCUT2D eigenvalue weighted by molar-refractivity contribution is -0.149. The molecule has 25 heavy (non-hydrogen) atoms. The molecule has 0 aromatic heterocycles. The van der Waals surface area contributed by atoms with Gasteiger partial charge in [0.05, 0.1) is 6.04 Å². The number of hydrogen-bond donors (Lipinski definition) is 2. The standard InChI is InChI=1S/C18H26ClN3O3/c1-4-18(17(24)25,14-5-7-15(19)8-6-14)20-16(23)13(2)22-11-9-21(3)10-12-22/h5-8,13H,4,9-12H2,1-3H3,(H,20,23)(H,24,25). The molecule has 0 spiro atoms. The lowest BCUT2D eigenvalue weighted by Crippen LogP contribution is -2.58. The molecule has 6 nitrogen and oxygen atoms in total. The fourth-order valence-corrected chi connectivity index (χ4v) is 3.24. The van der Waals surface area contributed by atoms with Gasteiger partial charge >= 0.3 is 5.97 Å². The highest BCUT2D eigenvalue weighted by atomic mass is 35.5. The van der Waals surface area contributed by atoms with E-state index in [1.54, 1.807) is 31.2 Å². The van der Waals surface area contributed by atoms with Crippen molar-refractivity contribution in [2.75, 3.05) is 33.2 Å². The topological polar surface area (TPSA) is 72.9 Å². The van der Waals surface area contributed by atoms with Crippen LogP contribution in [0.1, 0.15) is 25.8 Å². The molecule has 1 fully saturated rings. The Morgan fingerprint density at radius 2 is 1.80 bits per heavy atom. The maximum Gasteiger partial charge on any atom is 0.334 e. The van der Waals surface area contributed by atoms with E-state index in [9.17, 15) is 14.7 Å². The molecule has 7 heteroatoms. The van der Waals surface area contributed by atoms with Crippen molar-refractivity contribution in [1.82, 2.24) is 15.1 Å². The summed E-state index contributed by atoms with van der Waals surface area (Å²) in [5.41, 5.74) is -0.937. The number of carbonyl (C=O) groups excluding carboxylic acids is 1. The second-order valence-electron chi connectivity index (χ2n) is 6.58. The molecule has 0 saturated carbocycles. The third kappa shape index (κ3) is 4.32. The summed E-state index contributed by atoms with van der Waals surface area (Å²) in [6.07, 6.45) is 0.241. The minimum atomic E-state index is -1.46. The molecule has 1 heterocycles. The van der Waals surface area contributed by atoms with Crippen LogP contribution < -0.4 is 5.32 Å². The maximum atomic E-state index is 12.8. The average Bonchev–Trinajstić information content (AvgIpc) is 2.60. The number of amides is 1. The summed E-state index contributed by atoms with van der Waals surface area (Å²) in [4.78, 5) is 29.1. The van der Waals surface area contributed by atoms with Crippen LogP contribution in [-0.2, 0) is 15.1 Å². The van der Waals surface area contributed by atoms with Crippen LogP contribution in [0.15, 0.2) is 24.3 Å². The van der Waals surface area contributed by atoms with Gasteiger partial charge in [-0.3, -0.25) is 9.69 Å². The SMILES string of the molecule is CCC(NC(=O)C(C)N1CCN(C)CC1)(C(=O)O)c1ccc(Cl)cc1. The number of nitrogens with one attached hydrogen (secondary N) is 1. The van der Waals surface area contributed by atoms with Crippen molar-refractivity contribution in [2.24, 2.45) is 0 Å². The van der Waals surface area contributed by atoms with Gasteiger partial charge in [0.1, 0.15) is 0 Å². The van der Waals surface area contributed by atoms with Gasteiger partial charge in [0, 0.05) is 31.2 Å². The summed E-state index contributed by atoms with van der Waals surface area (Å²) in [7, 11) is 2.05. The Morgan fingerprint density at radius 3 is 2.28 bits per heavy atom. The highest BCUT2D eigenvalue weighted by Gasteiger charge is 2.41. The number of piperazine rings is 1. The van der Waals surface area contributed by atoms with Crippen LogP contribution in [0.5, 0.6) is 0 Å². The molecule has 1 aliphatic rings. The molecule has 138 valence electrons. The van der Waals surface area contributed by atoms with Crippen molar-refractivity contribution in [3.8, 4) is 0 Å². The molecular formula is C18H26ClN3O3. The number of likely N-dealkylation sites (N-methyl/N-ethyl adjacent to an activating group) is 1. The molecule has 0 aliphatic carbocycles. The molecule has 0 bridgehead atoms. The van der Waals surface area contributed by atoms with Gasteiger partial charge in [-0.25, -0.2) is 4.79 Å². The van der Waals surface area contributed by atoms with Gasteiger partial charge in [0.25, 0.3) is 0 Å². The third-order valence-corrected chi connectivity index (χ3v) is 5.29. The zero-order chi connectivity index (χ0) is 18.6. The zero-order valence-corrected chi connectivity index (χ0v) is 15.7. The number of nitrogens with zero attached hydrogens (tertiary/aromatic N) is 2. The minimum absolute atomic E-state index is 0.241. The van der Waals surface area contributed by atoms with E-state index in [2.05, 4.69) is 22.2 Å². The second-order valence-corrected chi connectivity index (χ2v) is 7.01. The Bertz CT molecular complexity index is 614. The molecule has 1 saturated heterocycles. The van der Waals surface area contributed by atoms with Crippen LogP contribution in [-0.4, -0.2) is 66.1 Å². The highest BCUT2D eigenvalue weighted by molar-refractivity contribution is 6.30. The predicted octanol–water partition coefficient (Wildman–Crippen LogP) is 1.78. The van der Waals surface area contributed by atoms with E-state index >= 15 is 0 Å². The Labute approximate surface area is 153 Å². The van der Waals surface area contributed by atoms with Crippen LogP contribution in [0.3, 0.4) is 0 Å². The Balaban J connectivity index is 2.20. The van der Waals surface area contributed by atoms with E-state index in [0.29, 0.717) is 10.6 Å². The van der Waals surface area contributed by atoms with Gasteiger partial charge in [-0.05, 0) is 38.1 Å². The van der Waals surface area contributed by atoms with Crippen molar-refractivity contribution in [2.45, 2.75) is 31.8 Å². The van der Waals surface area contributed by atoms with E-state index in [-0.39, 0.29) is 18.4 Å². The van der Waals surface area contributed by atoms with Crippen LogP contribution >= 0.6 is 11.6 Å². The summed E-state index contributed by atoms with van der Waals surface area (Å²) in [6, 6.07) is 6.20. The first-order valence-electron chi connectivity index (χ1n) is 8.54. The van der Waals surface area contributed by atoms with Crippen molar-refractivity contribution in [1.29, 1.82) is 0 Å². The Kier molecular flexibility index (Phi) is 6.43. The average molecular weight is 368 g/mol. The van der Waals surface area contributed by atoms with Crippen molar-refractivity contribution >= 4 is 23.5 Å². The molecular weight excluding hydrogens is 342 g/mol. The van der Waals surface area contributed by atoms with Crippen LogP contribution in [0.25, 0.3) is 0 Å². The molecule has 0 radical (unpaired) electrons. The normalized spacial score (nSPS) is 19.8. The van der Waals surface area contributed by atoms with Gasteiger partial charge in [-0.1, -0.05) is 30.7 Å². The number of benzene rings is 1. The largest absolute Gasteiger partial charge is 0.479 e. The monoisotopic (exact) mass is 367 g/mol. The molecule has 1 aromatic rings. The Hall–Kier alpha value is -1.63. The number of hydrogen-bond acceptors (Lipinski definition) is 4. The van der Waals surface area contributed by atoms with Crippen LogP contribution in [0.2, 0.25) is 5.02 Å². The minimum Gasteiger partial charge on any atom is -0.479 e. The second kappa shape index (κ2) is 8.17. The number of carboxylic acid groups (broad SMARTS) is 1. The molecule has 2 rings (SSSR count).